The van der Waals surface area contributed by atoms with Crippen LogP contribution in [0, 0.1) is 0 Å². The molecule has 0 amide bonds. The van der Waals surface area contributed by atoms with Crippen LogP contribution in [0.4, 0.5) is 0 Å². The van der Waals surface area contributed by atoms with E-state index >= 15 is 0 Å². The van der Waals surface area contributed by atoms with E-state index in [1.54, 1.807) is 0 Å². The monoisotopic (exact) mass is 669 g/mol. The maximum atomic E-state index is 12.6. The SMILES string of the molecule is CC/C=C\C/C=C\C/C=C\C/C=C\C/C=C\CCCCCC(=O)OC(CCCCCCC)CCCCCCCCCCCCCC(=O)O. The van der Waals surface area contributed by atoms with Crippen molar-refractivity contribution < 1.29 is 19.4 Å². The Kier molecular flexibility index (Phi) is 37.2. The van der Waals surface area contributed by atoms with Gasteiger partial charge in [0, 0.05) is 12.8 Å². The highest BCUT2D eigenvalue weighted by atomic mass is 16.5. The number of carboxylic acid groups (broad SMARTS) is 1. The molecule has 1 N–H and O–H groups in total. The summed E-state index contributed by atoms with van der Waals surface area (Å²) in [4.78, 5) is 23.2. The lowest BCUT2D eigenvalue weighted by molar-refractivity contribution is -0.150. The first kappa shape index (κ1) is 45.6. The van der Waals surface area contributed by atoms with E-state index in [-0.39, 0.29) is 12.1 Å². The Morgan fingerprint density at radius 1 is 0.479 bits per heavy atom. The fraction of sp³-hybridized carbons (Fsp3) is 0.727. The van der Waals surface area contributed by atoms with Crippen LogP contribution in [-0.2, 0) is 14.3 Å². The van der Waals surface area contributed by atoms with E-state index in [4.69, 9.17) is 9.84 Å². The predicted molar refractivity (Wildman–Crippen MR) is 208 cm³/mol. The van der Waals surface area contributed by atoms with E-state index in [9.17, 15) is 9.59 Å². The molecule has 0 saturated heterocycles. The van der Waals surface area contributed by atoms with Crippen molar-refractivity contribution in [1.82, 2.24) is 0 Å². The normalized spacial score (nSPS) is 12.9. The number of rotatable bonds is 36. The van der Waals surface area contributed by atoms with Crippen molar-refractivity contribution in [3.05, 3.63) is 60.8 Å². The second kappa shape index (κ2) is 39.1. The molecule has 0 aliphatic carbocycles. The van der Waals surface area contributed by atoms with Crippen molar-refractivity contribution in [2.24, 2.45) is 0 Å². The summed E-state index contributed by atoms with van der Waals surface area (Å²) < 4.78 is 6.00. The average molecular weight is 669 g/mol. The van der Waals surface area contributed by atoms with Gasteiger partial charge in [-0.3, -0.25) is 9.59 Å². The molecule has 0 spiro atoms. The van der Waals surface area contributed by atoms with Crippen molar-refractivity contribution >= 4 is 11.9 Å². The summed E-state index contributed by atoms with van der Waals surface area (Å²) in [6.45, 7) is 4.41. The molecule has 1 atom stereocenters. The van der Waals surface area contributed by atoms with Gasteiger partial charge in [0.1, 0.15) is 6.10 Å². The number of hydrogen-bond donors (Lipinski definition) is 1. The van der Waals surface area contributed by atoms with Crippen molar-refractivity contribution in [2.45, 2.75) is 206 Å². The van der Waals surface area contributed by atoms with E-state index in [2.05, 4.69) is 74.6 Å². The molecule has 4 nitrogen and oxygen atoms in total. The van der Waals surface area contributed by atoms with Gasteiger partial charge in [-0.1, -0.05) is 164 Å². The third-order valence-electron chi connectivity index (χ3n) is 8.75. The summed E-state index contributed by atoms with van der Waals surface area (Å²) in [6.07, 6.45) is 54.0. The first-order chi connectivity index (χ1) is 23.6. The largest absolute Gasteiger partial charge is 0.481 e. The molecule has 0 heterocycles. The molecule has 276 valence electrons. The summed E-state index contributed by atoms with van der Waals surface area (Å²) in [5.74, 6) is -0.669. The van der Waals surface area contributed by atoms with Crippen LogP contribution < -0.4 is 0 Å². The second-order valence-electron chi connectivity index (χ2n) is 13.4. The smallest absolute Gasteiger partial charge is 0.306 e. The van der Waals surface area contributed by atoms with Gasteiger partial charge in [0.2, 0.25) is 0 Å². The van der Waals surface area contributed by atoms with Crippen LogP contribution in [0.15, 0.2) is 60.8 Å². The maximum absolute atomic E-state index is 12.6. The fourth-order valence-corrected chi connectivity index (χ4v) is 5.80. The number of carbonyl (C=O) groups excluding carboxylic acids is 1. The van der Waals surface area contributed by atoms with Crippen molar-refractivity contribution in [1.29, 1.82) is 0 Å². The molecule has 0 rings (SSSR count). The molecular weight excluding hydrogens is 592 g/mol. The molecule has 0 aliphatic rings. The summed E-state index contributed by atoms with van der Waals surface area (Å²) >= 11 is 0. The summed E-state index contributed by atoms with van der Waals surface area (Å²) in [6, 6.07) is 0. The van der Waals surface area contributed by atoms with Crippen LogP contribution in [0.2, 0.25) is 0 Å². The van der Waals surface area contributed by atoms with Gasteiger partial charge in [-0.25, -0.2) is 0 Å². The van der Waals surface area contributed by atoms with Gasteiger partial charge in [0.25, 0.3) is 0 Å². The highest BCUT2D eigenvalue weighted by Gasteiger charge is 2.14. The van der Waals surface area contributed by atoms with Crippen molar-refractivity contribution in [3.8, 4) is 0 Å². The van der Waals surface area contributed by atoms with Crippen LogP contribution >= 0.6 is 0 Å². The molecule has 0 fully saturated rings. The molecule has 1 unspecified atom stereocenters. The highest BCUT2D eigenvalue weighted by molar-refractivity contribution is 5.69. The lowest BCUT2D eigenvalue weighted by Gasteiger charge is -2.18. The zero-order chi connectivity index (χ0) is 35.0. The Labute approximate surface area is 297 Å². The second-order valence-corrected chi connectivity index (χ2v) is 13.4. The molecule has 0 aromatic rings. The first-order valence-corrected chi connectivity index (χ1v) is 20.3. The molecular formula is C44H76O4. The third kappa shape index (κ3) is 38.1. The quantitative estimate of drug-likeness (QED) is 0.0410. The van der Waals surface area contributed by atoms with Gasteiger partial charge < -0.3 is 9.84 Å². The summed E-state index contributed by atoms with van der Waals surface area (Å²) in [5.41, 5.74) is 0. The molecule has 0 saturated carbocycles. The van der Waals surface area contributed by atoms with E-state index in [1.807, 2.05) is 0 Å². The number of hydrogen-bond acceptors (Lipinski definition) is 3. The fourth-order valence-electron chi connectivity index (χ4n) is 5.80. The topological polar surface area (TPSA) is 63.6 Å². The van der Waals surface area contributed by atoms with Gasteiger partial charge in [-0.15, -0.1) is 0 Å². The number of carbonyl (C=O) groups is 2. The number of unbranched alkanes of at least 4 members (excludes halogenated alkanes) is 17. The minimum atomic E-state index is -0.675. The van der Waals surface area contributed by atoms with E-state index in [1.165, 1.54) is 77.0 Å². The van der Waals surface area contributed by atoms with E-state index in [0.717, 1.165) is 96.3 Å². The first-order valence-electron chi connectivity index (χ1n) is 20.3. The Hall–Kier alpha value is -2.36. The summed E-state index contributed by atoms with van der Waals surface area (Å²) in [7, 11) is 0. The minimum Gasteiger partial charge on any atom is -0.481 e. The average Bonchev–Trinajstić information content (AvgIpc) is 3.07. The molecule has 4 heteroatoms. The maximum Gasteiger partial charge on any atom is 0.306 e. The number of esters is 1. The number of aliphatic carboxylic acids is 1. The number of ether oxygens (including phenoxy) is 1. The van der Waals surface area contributed by atoms with Gasteiger partial charge in [-0.05, 0) is 83.5 Å². The van der Waals surface area contributed by atoms with Crippen LogP contribution in [0.1, 0.15) is 200 Å². The van der Waals surface area contributed by atoms with Crippen LogP contribution in [0.3, 0.4) is 0 Å². The third-order valence-corrected chi connectivity index (χ3v) is 8.75. The minimum absolute atomic E-state index is 0.00592. The molecule has 0 bridgehead atoms. The zero-order valence-electron chi connectivity index (χ0n) is 31.5. The molecule has 0 aliphatic heterocycles. The Morgan fingerprint density at radius 2 is 0.875 bits per heavy atom. The van der Waals surface area contributed by atoms with Crippen LogP contribution in [0.25, 0.3) is 0 Å². The lowest BCUT2D eigenvalue weighted by Crippen LogP contribution is -2.18. The number of allylic oxidation sites excluding steroid dienone is 10. The van der Waals surface area contributed by atoms with Crippen LogP contribution in [-0.4, -0.2) is 23.1 Å². The van der Waals surface area contributed by atoms with Crippen molar-refractivity contribution in [2.75, 3.05) is 0 Å². The van der Waals surface area contributed by atoms with E-state index in [0.29, 0.717) is 12.8 Å². The Bertz CT molecular complexity index is 850. The highest BCUT2D eigenvalue weighted by Crippen LogP contribution is 2.18. The lowest BCUT2D eigenvalue weighted by atomic mass is 10.0. The van der Waals surface area contributed by atoms with Crippen molar-refractivity contribution in [3.63, 3.8) is 0 Å². The van der Waals surface area contributed by atoms with Gasteiger partial charge in [0.05, 0.1) is 0 Å². The number of carboxylic acids is 1. The zero-order valence-corrected chi connectivity index (χ0v) is 31.5. The van der Waals surface area contributed by atoms with Gasteiger partial charge in [-0.2, -0.15) is 0 Å². The van der Waals surface area contributed by atoms with Crippen LogP contribution in [0.5, 0.6) is 0 Å². The molecule has 0 radical (unpaired) electrons. The summed E-state index contributed by atoms with van der Waals surface area (Å²) in [5, 5.41) is 8.70. The Balaban J connectivity index is 3.96. The molecule has 0 aromatic heterocycles. The standard InChI is InChI=1S/C44H76O4/c1-3-5-7-9-10-11-12-13-14-15-16-17-18-19-23-26-29-33-37-41-44(47)48-42(38-34-30-8-6-4-2)39-35-31-27-24-21-20-22-25-28-32-36-40-43(45)46/h5,7,10-11,13-14,16-17,19,23,42H,3-4,6,8-9,12,15,18,20-22,24-41H2,1-2H3,(H,45,46)/b7-5-,11-10-,14-13-,17-16-,23-19-. The van der Waals surface area contributed by atoms with E-state index < -0.39 is 5.97 Å². The predicted octanol–water partition coefficient (Wildman–Crippen LogP) is 14.1. The Morgan fingerprint density at radius 3 is 1.35 bits per heavy atom. The van der Waals surface area contributed by atoms with Gasteiger partial charge in [0.15, 0.2) is 0 Å². The molecule has 48 heavy (non-hydrogen) atoms. The van der Waals surface area contributed by atoms with Gasteiger partial charge >= 0.3 is 11.9 Å². The molecule has 0 aromatic carbocycles.